The fourth-order valence-electron chi connectivity index (χ4n) is 1.54. The number of allylic oxidation sites excluding steroid dienone is 1. The van der Waals surface area contributed by atoms with E-state index in [0.29, 0.717) is 0 Å². The van der Waals surface area contributed by atoms with Gasteiger partial charge in [-0.15, -0.1) is 0 Å². The fourth-order valence-corrected chi connectivity index (χ4v) is 2.28. The number of benzene rings is 2. The minimum Gasteiger partial charge on any atom is -0.0978 e. The van der Waals surface area contributed by atoms with E-state index >= 15 is 0 Å². The topological polar surface area (TPSA) is 0 Å². The van der Waals surface area contributed by atoms with Gasteiger partial charge in [0.2, 0.25) is 0 Å². The average Bonchev–Trinajstić information content (AvgIpc) is 2.39. The van der Waals surface area contributed by atoms with Gasteiger partial charge in [-0.2, -0.15) is 0 Å². The van der Waals surface area contributed by atoms with Gasteiger partial charge in [0, 0.05) is 4.90 Å². The molecule has 0 aliphatic carbocycles. The molecule has 2 rings (SSSR count). The molecule has 0 nitrogen and oxygen atoms in total. The molecule has 0 saturated carbocycles. The van der Waals surface area contributed by atoms with Crippen LogP contribution >= 0.6 is 11.8 Å². The molecule has 0 N–H and O–H groups in total. The van der Waals surface area contributed by atoms with E-state index in [2.05, 4.69) is 67.8 Å². The second-order valence-electron chi connectivity index (χ2n) is 4.10. The van der Waals surface area contributed by atoms with Gasteiger partial charge >= 0.3 is 0 Å². The first-order valence-electron chi connectivity index (χ1n) is 5.71. The Kier molecular flexibility index (Phi) is 4.05. The fraction of sp³-hybridized carbons (Fsp3) is 0.125. The van der Waals surface area contributed by atoms with Crippen LogP contribution in [0.15, 0.2) is 64.9 Å². The van der Waals surface area contributed by atoms with Gasteiger partial charge in [0.1, 0.15) is 0 Å². The Hall–Kier alpha value is -1.47. The third kappa shape index (κ3) is 3.50. The van der Waals surface area contributed by atoms with Crippen LogP contribution in [-0.4, -0.2) is 0 Å². The van der Waals surface area contributed by atoms with E-state index in [1.165, 1.54) is 21.6 Å². The predicted molar refractivity (Wildman–Crippen MR) is 77.1 cm³/mol. The zero-order valence-corrected chi connectivity index (χ0v) is 11.0. The predicted octanol–water partition coefficient (Wildman–Crippen LogP) is 5.15. The molecule has 2 aromatic rings. The lowest BCUT2D eigenvalue weighted by Gasteiger charge is -2.01. The summed E-state index contributed by atoms with van der Waals surface area (Å²) in [6.07, 6.45) is 0. The summed E-state index contributed by atoms with van der Waals surface area (Å²) in [5.74, 6) is 0. The average molecular weight is 240 g/mol. The summed E-state index contributed by atoms with van der Waals surface area (Å²) in [5.41, 5.74) is 3.89. The van der Waals surface area contributed by atoms with E-state index in [9.17, 15) is 0 Å². The zero-order valence-electron chi connectivity index (χ0n) is 10.2. The van der Waals surface area contributed by atoms with Crippen LogP contribution in [0.3, 0.4) is 0 Å². The molecule has 0 saturated heterocycles. The van der Waals surface area contributed by atoms with Gasteiger partial charge in [0.15, 0.2) is 0 Å². The van der Waals surface area contributed by atoms with Crippen LogP contribution in [0.2, 0.25) is 0 Å². The van der Waals surface area contributed by atoms with Crippen molar-refractivity contribution in [3.63, 3.8) is 0 Å². The van der Waals surface area contributed by atoms with Crippen LogP contribution < -0.4 is 0 Å². The maximum atomic E-state index is 2.21. The summed E-state index contributed by atoms with van der Waals surface area (Å²) in [6.45, 7) is 4.26. The number of hydrogen-bond acceptors (Lipinski definition) is 1. The van der Waals surface area contributed by atoms with Crippen LogP contribution in [0.4, 0.5) is 0 Å². The van der Waals surface area contributed by atoms with Gasteiger partial charge in [0.25, 0.3) is 0 Å². The molecule has 0 aliphatic heterocycles. The molecular formula is C16H16S. The molecule has 0 atom stereocenters. The highest BCUT2D eigenvalue weighted by atomic mass is 32.2. The molecule has 0 aromatic heterocycles. The van der Waals surface area contributed by atoms with Gasteiger partial charge < -0.3 is 0 Å². The number of thioether (sulfide) groups is 1. The highest BCUT2D eigenvalue weighted by Crippen LogP contribution is 2.24. The Labute approximate surface area is 107 Å². The second-order valence-corrected chi connectivity index (χ2v) is 5.04. The Bertz CT molecular complexity index is 495. The van der Waals surface area contributed by atoms with Gasteiger partial charge in [-0.05, 0) is 42.5 Å². The van der Waals surface area contributed by atoms with Crippen molar-refractivity contribution in [2.75, 3.05) is 0 Å². The summed E-state index contributed by atoms with van der Waals surface area (Å²) in [5, 5.41) is 2.21. The lowest BCUT2D eigenvalue weighted by atomic mass is 10.1. The van der Waals surface area contributed by atoms with Crippen molar-refractivity contribution >= 4 is 17.3 Å². The smallest absolute Gasteiger partial charge is 0.0116 e. The van der Waals surface area contributed by atoms with Crippen molar-refractivity contribution in [2.45, 2.75) is 18.7 Å². The van der Waals surface area contributed by atoms with E-state index in [4.69, 9.17) is 0 Å². The normalized spacial score (nSPS) is 11.5. The molecule has 0 spiro atoms. The van der Waals surface area contributed by atoms with Crippen molar-refractivity contribution in [3.8, 4) is 0 Å². The lowest BCUT2D eigenvalue weighted by molar-refractivity contribution is 1.38. The minimum atomic E-state index is 1.28. The molecule has 0 aliphatic rings. The van der Waals surface area contributed by atoms with Gasteiger partial charge in [0.05, 0.1) is 0 Å². The number of rotatable bonds is 3. The highest BCUT2D eigenvalue weighted by Gasteiger charge is 1.95. The molecule has 0 heterocycles. The Balaban J connectivity index is 2.08. The summed E-state index contributed by atoms with van der Waals surface area (Å²) in [6, 6.07) is 19.1. The third-order valence-electron chi connectivity index (χ3n) is 2.62. The van der Waals surface area contributed by atoms with E-state index in [1.54, 1.807) is 11.8 Å². The molecule has 2 aromatic carbocycles. The summed E-state index contributed by atoms with van der Waals surface area (Å²) in [4.78, 5) is 1.28. The molecule has 17 heavy (non-hydrogen) atoms. The molecule has 0 bridgehead atoms. The maximum absolute atomic E-state index is 2.21. The SMILES string of the molecule is C/C(=C\Sc1ccc(C)cc1)c1ccccc1. The molecular weight excluding hydrogens is 224 g/mol. The second kappa shape index (κ2) is 5.74. The highest BCUT2D eigenvalue weighted by molar-refractivity contribution is 8.02. The van der Waals surface area contributed by atoms with Crippen LogP contribution in [0, 0.1) is 6.92 Å². The quantitative estimate of drug-likeness (QED) is 0.669. The Morgan fingerprint density at radius 3 is 2.24 bits per heavy atom. The molecule has 0 radical (unpaired) electrons. The minimum absolute atomic E-state index is 1.28. The first-order chi connectivity index (χ1) is 8.25. The number of aryl methyl sites for hydroxylation is 1. The zero-order chi connectivity index (χ0) is 12.1. The van der Waals surface area contributed by atoms with Crippen LogP contribution in [-0.2, 0) is 0 Å². The summed E-state index contributed by atoms with van der Waals surface area (Å²) < 4.78 is 0. The van der Waals surface area contributed by atoms with Crippen molar-refractivity contribution in [3.05, 3.63) is 71.1 Å². The van der Waals surface area contributed by atoms with Crippen molar-refractivity contribution in [2.24, 2.45) is 0 Å². The van der Waals surface area contributed by atoms with Crippen molar-refractivity contribution < 1.29 is 0 Å². The van der Waals surface area contributed by atoms with Gasteiger partial charge in [-0.1, -0.05) is 59.8 Å². The van der Waals surface area contributed by atoms with E-state index < -0.39 is 0 Å². The van der Waals surface area contributed by atoms with E-state index in [1.807, 2.05) is 6.07 Å². The largest absolute Gasteiger partial charge is 0.0978 e. The van der Waals surface area contributed by atoms with Crippen molar-refractivity contribution in [1.29, 1.82) is 0 Å². The molecule has 1 heteroatoms. The Morgan fingerprint density at radius 1 is 0.941 bits per heavy atom. The third-order valence-corrected chi connectivity index (χ3v) is 3.64. The molecule has 0 unspecified atom stereocenters. The van der Waals surface area contributed by atoms with Gasteiger partial charge in [-0.3, -0.25) is 0 Å². The maximum Gasteiger partial charge on any atom is 0.0116 e. The van der Waals surface area contributed by atoms with Crippen LogP contribution in [0.25, 0.3) is 5.57 Å². The molecule has 0 fully saturated rings. The van der Waals surface area contributed by atoms with Crippen LogP contribution in [0.5, 0.6) is 0 Å². The molecule has 0 amide bonds. The van der Waals surface area contributed by atoms with Gasteiger partial charge in [-0.25, -0.2) is 0 Å². The first-order valence-corrected chi connectivity index (χ1v) is 6.59. The summed E-state index contributed by atoms with van der Waals surface area (Å²) >= 11 is 1.77. The molecule has 86 valence electrons. The van der Waals surface area contributed by atoms with E-state index in [0.717, 1.165) is 0 Å². The van der Waals surface area contributed by atoms with Crippen LogP contribution in [0.1, 0.15) is 18.1 Å². The number of hydrogen-bond donors (Lipinski definition) is 0. The first kappa shape index (κ1) is 12.0. The summed E-state index contributed by atoms with van der Waals surface area (Å²) in [7, 11) is 0. The monoisotopic (exact) mass is 240 g/mol. The lowest BCUT2D eigenvalue weighted by Crippen LogP contribution is -1.77. The standard InChI is InChI=1S/C16H16S/c1-13-8-10-16(11-9-13)17-12-14(2)15-6-4-3-5-7-15/h3-12H,1-2H3/b14-12+. The Morgan fingerprint density at radius 2 is 1.59 bits per heavy atom. The van der Waals surface area contributed by atoms with Crippen molar-refractivity contribution in [1.82, 2.24) is 0 Å². The van der Waals surface area contributed by atoms with E-state index in [-0.39, 0.29) is 0 Å².